The molecule has 5 nitrogen and oxygen atoms in total. The highest BCUT2D eigenvalue weighted by atomic mass is 32.1. The van der Waals surface area contributed by atoms with Crippen LogP contribution in [0.15, 0.2) is 29.9 Å². The second-order valence-electron chi connectivity index (χ2n) is 4.73. The number of pyridine rings is 1. The van der Waals surface area contributed by atoms with E-state index in [-0.39, 0.29) is 0 Å². The van der Waals surface area contributed by atoms with Crippen LogP contribution in [0.3, 0.4) is 0 Å². The predicted molar refractivity (Wildman–Crippen MR) is 78.4 cm³/mol. The van der Waals surface area contributed by atoms with Crippen molar-refractivity contribution in [3.05, 3.63) is 35.6 Å². The van der Waals surface area contributed by atoms with E-state index in [2.05, 4.69) is 15.3 Å². The van der Waals surface area contributed by atoms with Gasteiger partial charge in [0.2, 0.25) is 0 Å². The van der Waals surface area contributed by atoms with E-state index < -0.39 is 6.09 Å². The molecule has 2 aromatic heterocycles. The van der Waals surface area contributed by atoms with Crippen molar-refractivity contribution >= 4 is 17.4 Å². The van der Waals surface area contributed by atoms with E-state index in [1.807, 2.05) is 31.4 Å². The average molecular weight is 291 g/mol. The molecule has 106 valence electrons. The molecule has 0 spiro atoms. The van der Waals surface area contributed by atoms with Crippen molar-refractivity contribution < 1.29 is 9.53 Å². The molecule has 2 aromatic rings. The lowest BCUT2D eigenvalue weighted by molar-refractivity contribution is 0.132. The molecule has 0 aliphatic carbocycles. The van der Waals surface area contributed by atoms with Gasteiger partial charge in [0, 0.05) is 23.3 Å². The second-order valence-corrected chi connectivity index (χ2v) is 5.58. The van der Waals surface area contributed by atoms with Crippen LogP contribution in [0.25, 0.3) is 10.6 Å². The first-order valence-electron chi connectivity index (χ1n) is 6.40. The lowest BCUT2D eigenvalue weighted by Gasteiger charge is -2.07. The summed E-state index contributed by atoms with van der Waals surface area (Å²) in [6.45, 7) is 4.78. The Morgan fingerprint density at radius 3 is 2.85 bits per heavy atom. The van der Waals surface area contributed by atoms with Gasteiger partial charge in [0.15, 0.2) is 0 Å². The number of hydrogen-bond acceptors (Lipinski definition) is 5. The van der Waals surface area contributed by atoms with Gasteiger partial charge in [-0.3, -0.25) is 4.98 Å². The number of carbonyl (C=O) groups is 1. The maximum Gasteiger partial charge on any atom is 0.407 e. The largest absolute Gasteiger partial charge is 0.449 e. The number of rotatable bonds is 5. The van der Waals surface area contributed by atoms with Crippen LogP contribution >= 0.6 is 11.3 Å². The lowest BCUT2D eigenvalue weighted by Crippen LogP contribution is -2.25. The summed E-state index contributed by atoms with van der Waals surface area (Å²) in [7, 11) is 0. The average Bonchev–Trinajstić information content (AvgIpc) is 2.93. The van der Waals surface area contributed by atoms with Crippen molar-refractivity contribution in [1.29, 1.82) is 0 Å². The Kier molecular flexibility index (Phi) is 5.06. The van der Waals surface area contributed by atoms with Crippen LogP contribution in [-0.4, -0.2) is 22.7 Å². The summed E-state index contributed by atoms with van der Waals surface area (Å²) in [6, 6.07) is 3.82. The number of amides is 1. The van der Waals surface area contributed by atoms with E-state index >= 15 is 0 Å². The van der Waals surface area contributed by atoms with Crippen LogP contribution < -0.4 is 5.32 Å². The molecule has 0 saturated heterocycles. The first kappa shape index (κ1) is 14.5. The molecule has 0 aliphatic rings. The van der Waals surface area contributed by atoms with Crippen LogP contribution in [0.1, 0.15) is 19.5 Å². The van der Waals surface area contributed by atoms with Gasteiger partial charge in [0.05, 0.1) is 18.8 Å². The Morgan fingerprint density at radius 1 is 1.40 bits per heavy atom. The van der Waals surface area contributed by atoms with Crippen LogP contribution in [-0.2, 0) is 11.3 Å². The number of aromatic nitrogens is 2. The minimum absolute atomic E-state index is 0.332. The fourth-order valence-electron chi connectivity index (χ4n) is 1.47. The molecular formula is C14H17N3O2S. The third-order valence-corrected chi connectivity index (χ3v) is 3.38. The van der Waals surface area contributed by atoms with Crippen LogP contribution in [0, 0.1) is 5.92 Å². The predicted octanol–water partition coefficient (Wildman–Crippen LogP) is 3.09. The zero-order valence-corrected chi connectivity index (χ0v) is 12.3. The molecule has 1 N–H and O–H groups in total. The number of nitrogens with zero attached hydrogens (tertiary/aromatic N) is 2. The van der Waals surface area contributed by atoms with Crippen molar-refractivity contribution in [2.45, 2.75) is 20.4 Å². The summed E-state index contributed by atoms with van der Waals surface area (Å²) >= 11 is 1.54. The van der Waals surface area contributed by atoms with E-state index in [0.717, 1.165) is 16.3 Å². The Hall–Kier alpha value is -1.95. The fraction of sp³-hybridized carbons (Fsp3) is 0.357. The Balaban J connectivity index is 1.86. The van der Waals surface area contributed by atoms with Gasteiger partial charge >= 0.3 is 6.09 Å². The number of nitrogens with one attached hydrogen (secondary N) is 1. The van der Waals surface area contributed by atoms with Gasteiger partial charge < -0.3 is 10.1 Å². The third-order valence-electron chi connectivity index (χ3n) is 2.44. The van der Waals surface area contributed by atoms with Gasteiger partial charge in [0.25, 0.3) is 0 Å². The van der Waals surface area contributed by atoms with E-state index in [1.165, 1.54) is 0 Å². The summed E-state index contributed by atoms with van der Waals surface area (Å²) in [5.74, 6) is 0.332. The van der Waals surface area contributed by atoms with Crippen molar-refractivity contribution in [3.63, 3.8) is 0 Å². The molecule has 20 heavy (non-hydrogen) atoms. The number of thiazole rings is 1. The van der Waals surface area contributed by atoms with Gasteiger partial charge in [-0.15, -0.1) is 11.3 Å². The number of hydrogen-bond donors (Lipinski definition) is 1. The molecule has 0 bridgehead atoms. The normalized spacial score (nSPS) is 10.6. The molecule has 1 amide bonds. The highest BCUT2D eigenvalue weighted by molar-refractivity contribution is 7.13. The molecule has 0 atom stereocenters. The Morgan fingerprint density at radius 2 is 2.15 bits per heavy atom. The van der Waals surface area contributed by atoms with Gasteiger partial charge in [-0.05, 0) is 18.1 Å². The molecule has 2 rings (SSSR count). The maximum atomic E-state index is 11.4. The molecule has 0 aromatic carbocycles. The highest BCUT2D eigenvalue weighted by Gasteiger charge is 2.07. The number of ether oxygens (including phenoxy) is 1. The van der Waals surface area contributed by atoms with E-state index in [1.54, 1.807) is 23.7 Å². The zero-order chi connectivity index (χ0) is 14.4. The first-order chi connectivity index (χ1) is 9.65. The zero-order valence-electron chi connectivity index (χ0n) is 11.5. The molecule has 6 heteroatoms. The summed E-state index contributed by atoms with van der Waals surface area (Å²) in [6.07, 6.45) is 3.06. The van der Waals surface area contributed by atoms with Crippen LogP contribution in [0.4, 0.5) is 4.79 Å². The van der Waals surface area contributed by atoms with Gasteiger partial charge in [-0.2, -0.15) is 0 Å². The van der Waals surface area contributed by atoms with Crippen LogP contribution in [0.5, 0.6) is 0 Å². The van der Waals surface area contributed by atoms with Gasteiger partial charge in [-0.25, -0.2) is 9.78 Å². The third kappa shape index (κ3) is 4.31. The molecule has 0 aliphatic heterocycles. The molecule has 2 heterocycles. The van der Waals surface area contributed by atoms with Gasteiger partial charge in [-0.1, -0.05) is 13.8 Å². The minimum atomic E-state index is -0.405. The minimum Gasteiger partial charge on any atom is -0.449 e. The number of alkyl carbamates (subject to hydrolysis) is 1. The van der Waals surface area contributed by atoms with E-state index in [9.17, 15) is 4.79 Å². The molecule has 0 fully saturated rings. The number of carbonyl (C=O) groups excluding carboxylic acids is 1. The van der Waals surface area contributed by atoms with E-state index in [4.69, 9.17) is 4.74 Å². The summed E-state index contributed by atoms with van der Waals surface area (Å²) in [5.41, 5.74) is 1.85. The van der Waals surface area contributed by atoms with Crippen molar-refractivity contribution in [2.24, 2.45) is 5.92 Å². The molecule has 0 radical (unpaired) electrons. The smallest absolute Gasteiger partial charge is 0.407 e. The maximum absolute atomic E-state index is 11.4. The topological polar surface area (TPSA) is 64.1 Å². The Bertz CT molecular complexity index is 555. The second kappa shape index (κ2) is 7.00. The monoisotopic (exact) mass is 291 g/mol. The highest BCUT2D eigenvalue weighted by Crippen LogP contribution is 2.22. The fourth-order valence-corrected chi connectivity index (χ4v) is 2.30. The van der Waals surface area contributed by atoms with Crippen LogP contribution in [0.2, 0.25) is 0 Å². The van der Waals surface area contributed by atoms with E-state index in [0.29, 0.717) is 19.1 Å². The molecular weight excluding hydrogens is 274 g/mol. The van der Waals surface area contributed by atoms with Gasteiger partial charge in [0.1, 0.15) is 5.01 Å². The summed E-state index contributed by atoms with van der Waals surface area (Å²) in [5, 5.41) is 5.54. The quantitative estimate of drug-likeness (QED) is 0.919. The SMILES string of the molecule is CC(C)COC(=O)NCc1csc(-c2ccncc2)n1. The first-order valence-corrected chi connectivity index (χ1v) is 7.28. The summed E-state index contributed by atoms with van der Waals surface area (Å²) in [4.78, 5) is 19.9. The van der Waals surface area contributed by atoms with Crippen molar-refractivity contribution in [1.82, 2.24) is 15.3 Å². The lowest BCUT2D eigenvalue weighted by atomic mass is 10.2. The van der Waals surface area contributed by atoms with Crippen molar-refractivity contribution in [2.75, 3.05) is 6.61 Å². The molecule has 0 saturated carbocycles. The molecule has 0 unspecified atom stereocenters. The van der Waals surface area contributed by atoms with Crippen molar-refractivity contribution in [3.8, 4) is 10.6 Å². The summed E-state index contributed by atoms with van der Waals surface area (Å²) < 4.78 is 5.03. The Labute approximate surface area is 122 Å². The standard InChI is InChI=1S/C14H17N3O2S/c1-10(2)8-19-14(18)16-7-12-9-20-13(17-12)11-3-5-15-6-4-11/h3-6,9-10H,7-8H2,1-2H3,(H,16,18).